The molecule has 2 heterocycles. The molecule has 1 saturated heterocycles. The number of non-ortho nitro benzene ring substituents is 1. The van der Waals surface area contributed by atoms with Gasteiger partial charge in [-0.25, -0.2) is 4.98 Å². The van der Waals surface area contributed by atoms with E-state index in [2.05, 4.69) is 15.3 Å². The molecular weight excluding hydrogens is 256 g/mol. The van der Waals surface area contributed by atoms with Crippen molar-refractivity contribution in [2.24, 2.45) is 0 Å². The van der Waals surface area contributed by atoms with Crippen LogP contribution in [0.2, 0.25) is 0 Å². The lowest BCUT2D eigenvalue weighted by Crippen LogP contribution is -2.14. The van der Waals surface area contributed by atoms with Crippen molar-refractivity contribution in [2.75, 3.05) is 6.54 Å². The Morgan fingerprint density at radius 2 is 2.30 bits per heavy atom. The standard InChI is InChI=1S/C14H16N4O2/c1-9-13(10-4-2-5-11(8-10)18(19)20)17-14(16-9)12-6-3-7-15-12/h2,4-5,8,12,15H,3,6-7H2,1H3,(H,16,17). The summed E-state index contributed by atoms with van der Waals surface area (Å²) in [6.45, 7) is 2.95. The van der Waals surface area contributed by atoms with Gasteiger partial charge in [-0.15, -0.1) is 0 Å². The van der Waals surface area contributed by atoms with Gasteiger partial charge in [-0.3, -0.25) is 10.1 Å². The lowest BCUT2D eigenvalue weighted by atomic mass is 10.1. The number of aromatic amines is 1. The summed E-state index contributed by atoms with van der Waals surface area (Å²) in [5, 5.41) is 14.2. The smallest absolute Gasteiger partial charge is 0.270 e. The van der Waals surface area contributed by atoms with Gasteiger partial charge in [0.15, 0.2) is 0 Å². The van der Waals surface area contributed by atoms with Gasteiger partial charge >= 0.3 is 0 Å². The fourth-order valence-electron chi connectivity index (χ4n) is 2.61. The fourth-order valence-corrected chi connectivity index (χ4v) is 2.61. The Bertz CT molecular complexity index is 644. The van der Waals surface area contributed by atoms with E-state index < -0.39 is 0 Å². The van der Waals surface area contributed by atoms with Crippen LogP contribution < -0.4 is 5.32 Å². The Morgan fingerprint density at radius 1 is 1.45 bits per heavy atom. The van der Waals surface area contributed by atoms with Gasteiger partial charge in [-0.1, -0.05) is 12.1 Å². The van der Waals surface area contributed by atoms with Gasteiger partial charge < -0.3 is 10.3 Å². The molecule has 104 valence electrons. The minimum atomic E-state index is -0.384. The number of rotatable bonds is 3. The number of hydrogen-bond donors (Lipinski definition) is 2. The van der Waals surface area contributed by atoms with E-state index >= 15 is 0 Å². The fraction of sp³-hybridized carbons (Fsp3) is 0.357. The summed E-state index contributed by atoms with van der Waals surface area (Å²) < 4.78 is 0. The molecule has 0 radical (unpaired) electrons. The number of benzene rings is 1. The van der Waals surface area contributed by atoms with Crippen LogP contribution in [0.5, 0.6) is 0 Å². The van der Waals surface area contributed by atoms with Crippen LogP contribution in [0.25, 0.3) is 11.3 Å². The summed E-state index contributed by atoms with van der Waals surface area (Å²) in [6, 6.07) is 6.86. The quantitative estimate of drug-likeness (QED) is 0.664. The molecule has 6 nitrogen and oxygen atoms in total. The first kappa shape index (κ1) is 12.8. The number of nitrogens with zero attached hydrogens (tertiary/aromatic N) is 2. The van der Waals surface area contributed by atoms with Gasteiger partial charge in [-0.05, 0) is 26.3 Å². The van der Waals surface area contributed by atoms with E-state index in [0.717, 1.165) is 42.2 Å². The van der Waals surface area contributed by atoms with E-state index in [1.807, 2.05) is 13.0 Å². The molecule has 1 aliphatic rings. The van der Waals surface area contributed by atoms with E-state index in [4.69, 9.17) is 0 Å². The molecule has 1 unspecified atom stereocenters. The van der Waals surface area contributed by atoms with E-state index in [9.17, 15) is 10.1 Å². The average Bonchev–Trinajstić information content (AvgIpc) is 3.07. The third-order valence-corrected chi connectivity index (χ3v) is 3.62. The molecule has 0 bridgehead atoms. The second-order valence-corrected chi connectivity index (χ2v) is 5.05. The van der Waals surface area contributed by atoms with Crippen molar-refractivity contribution in [3.63, 3.8) is 0 Å². The van der Waals surface area contributed by atoms with E-state index in [0.29, 0.717) is 0 Å². The number of aryl methyl sites for hydroxylation is 1. The largest absolute Gasteiger partial charge is 0.344 e. The van der Waals surface area contributed by atoms with Gasteiger partial charge in [0.05, 0.1) is 16.7 Å². The maximum Gasteiger partial charge on any atom is 0.270 e. The summed E-state index contributed by atoms with van der Waals surface area (Å²) >= 11 is 0. The Hall–Kier alpha value is -2.21. The first-order valence-electron chi connectivity index (χ1n) is 6.70. The van der Waals surface area contributed by atoms with Crippen LogP contribution in [-0.2, 0) is 0 Å². The second kappa shape index (κ2) is 5.05. The van der Waals surface area contributed by atoms with Gasteiger partial charge in [0.2, 0.25) is 0 Å². The molecule has 0 spiro atoms. The third-order valence-electron chi connectivity index (χ3n) is 3.62. The van der Waals surface area contributed by atoms with Crippen LogP contribution in [0, 0.1) is 17.0 Å². The predicted molar refractivity (Wildman–Crippen MR) is 75.4 cm³/mol. The molecule has 2 N–H and O–H groups in total. The highest BCUT2D eigenvalue weighted by Crippen LogP contribution is 2.28. The molecular formula is C14H16N4O2. The molecule has 0 saturated carbocycles. The van der Waals surface area contributed by atoms with Crippen LogP contribution in [0.15, 0.2) is 24.3 Å². The summed E-state index contributed by atoms with van der Waals surface area (Å²) in [4.78, 5) is 18.4. The lowest BCUT2D eigenvalue weighted by Gasteiger charge is -2.04. The molecule has 20 heavy (non-hydrogen) atoms. The molecule has 1 aromatic heterocycles. The number of hydrogen-bond acceptors (Lipinski definition) is 4. The molecule has 1 aromatic carbocycles. The van der Waals surface area contributed by atoms with Crippen molar-refractivity contribution in [1.82, 2.24) is 15.3 Å². The van der Waals surface area contributed by atoms with Crippen LogP contribution in [0.3, 0.4) is 0 Å². The van der Waals surface area contributed by atoms with Crippen LogP contribution in [0.4, 0.5) is 5.69 Å². The van der Waals surface area contributed by atoms with Crippen molar-refractivity contribution in [3.05, 3.63) is 45.9 Å². The maximum atomic E-state index is 10.9. The summed E-state index contributed by atoms with van der Waals surface area (Å²) in [6.07, 6.45) is 2.22. The molecule has 0 amide bonds. The second-order valence-electron chi connectivity index (χ2n) is 5.05. The van der Waals surface area contributed by atoms with Crippen LogP contribution >= 0.6 is 0 Å². The monoisotopic (exact) mass is 272 g/mol. The third kappa shape index (κ3) is 2.30. The summed E-state index contributed by atoms with van der Waals surface area (Å²) in [5.41, 5.74) is 2.59. The first-order chi connectivity index (χ1) is 9.65. The Balaban J connectivity index is 1.97. The van der Waals surface area contributed by atoms with Crippen molar-refractivity contribution in [3.8, 4) is 11.3 Å². The number of nitro benzene ring substituents is 1. The van der Waals surface area contributed by atoms with E-state index in [1.165, 1.54) is 6.07 Å². The number of nitrogens with one attached hydrogen (secondary N) is 2. The molecule has 1 aliphatic heterocycles. The zero-order valence-corrected chi connectivity index (χ0v) is 11.2. The lowest BCUT2D eigenvalue weighted by molar-refractivity contribution is -0.384. The molecule has 2 aromatic rings. The van der Waals surface area contributed by atoms with Crippen molar-refractivity contribution >= 4 is 5.69 Å². The Kier molecular flexibility index (Phi) is 3.23. The van der Waals surface area contributed by atoms with Crippen molar-refractivity contribution in [2.45, 2.75) is 25.8 Å². The summed E-state index contributed by atoms with van der Waals surface area (Å²) in [5.74, 6) is 0.918. The highest BCUT2D eigenvalue weighted by molar-refractivity contribution is 5.64. The van der Waals surface area contributed by atoms with Gasteiger partial charge in [0.1, 0.15) is 5.82 Å². The number of nitro groups is 1. The molecule has 1 fully saturated rings. The Morgan fingerprint density at radius 3 is 3.00 bits per heavy atom. The maximum absolute atomic E-state index is 10.9. The van der Waals surface area contributed by atoms with E-state index in [-0.39, 0.29) is 16.7 Å². The number of H-pyrrole nitrogens is 1. The van der Waals surface area contributed by atoms with Gasteiger partial charge in [0, 0.05) is 23.4 Å². The average molecular weight is 272 g/mol. The van der Waals surface area contributed by atoms with Crippen LogP contribution in [-0.4, -0.2) is 21.4 Å². The predicted octanol–water partition coefficient (Wildman–Crippen LogP) is 2.72. The molecule has 3 rings (SSSR count). The van der Waals surface area contributed by atoms with E-state index in [1.54, 1.807) is 12.1 Å². The zero-order valence-electron chi connectivity index (χ0n) is 11.2. The summed E-state index contributed by atoms with van der Waals surface area (Å²) in [7, 11) is 0. The van der Waals surface area contributed by atoms with Crippen molar-refractivity contribution < 1.29 is 4.92 Å². The highest BCUT2D eigenvalue weighted by Gasteiger charge is 2.21. The molecule has 1 atom stereocenters. The number of imidazole rings is 1. The topological polar surface area (TPSA) is 83.8 Å². The first-order valence-corrected chi connectivity index (χ1v) is 6.70. The minimum absolute atomic E-state index is 0.0884. The van der Waals surface area contributed by atoms with Crippen LogP contribution in [0.1, 0.15) is 30.4 Å². The van der Waals surface area contributed by atoms with Gasteiger partial charge in [-0.2, -0.15) is 0 Å². The zero-order chi connectivity index (χ0) is 14.1. The highest BCUT2D eigenvalue weighted by atomic mass is 16.6. The minimum Gasteiger partial charge on any atom is -0.344 e. The normalized spacial score (nSPS) is 18.4. The SMILES string of the molecule is Cc1[nH]c(C2CCCN2)nc1-c1cccc([N+](=O)[O-])c1. The van der Waals surface area contributed by atoms with Crippen molar-refractivity contribution in [1.29, 1.82) is 0 Å². The molecule has 0 aliphatic carbocycles. The molecule has 6 heteroatoms. The number of aromatic nitrogens is 2. The Labute approximate surface area is 116 Å². The van der Waals surface area contributed by atoms with Gasteiger partial charge in [0.25, 0.3) is 5.69 Å².